The van der Waals surface area contributed by atoms with Crippen LogP contribution >= 0.6 is 0 Å². The van der Waals surface area contributed by atoms with Crippen molar-refractivity contribution in [2.24, 2.45) is 0 Å². The van der Waals surface area contributed by atoms with E-state index in [2.05, 4.69) is 20.8 Å². The maximum absolute atomic E-state index is 5.47. The number of aromatic nitrogens is 2. The third kappa shape index (κ3) is 3.20. The first-order valence-electron chi connectivity index (χ1n) is 6.12. The van der Waals surface area contributed by atoms with E-state index in [0.29, 0.717) is 24.5 Å². The summed E-state index contributed by atoms with van der Waals surface area (Å²) in [7, 11) is 1.86. The van der Waals surface area contributed by atoms with E-state index in [1.807, 2.05) is 7.05 Å². The van der Waals surface area contributed by atoms with E-state index in [4.69, 9.17) is 4.42 Å². The Kier molecular flexibility index (Phi) is 4.16. The second-order valence-electron chi connectivity index (χ2n) is 4.36. The lowest BCUT2D eigenvalue weighted by molar-refractivity contribution is 0.478. The van der Waals surface area contributed by atoms with E-state index in [1.54, 1.807) is 0 Å². The van der Waals surface area contributed by atoms with Gasteiger partial charge in [-0.25, -0.2) is 0 Å². The molecule has 1 saturated carbocycles. The van der Waals surface area contributed by atoms with Gasteiger partial charge in [0.05, 0.1) is 6.54 Å². The highest BCUT2D eigenvalue weighted by Crippen LogP contribution is 2.20. The van der Waals surface area contributed by atoms with Crippen molar-refractivity contribution in [2.45, 2.75) is 51.1 Å². The smallest absolute Gasteiger partial charge is 0.315 e. The van der Waals surface area contributed by atoms with Gasteiger partial charge in [-0.1, -0.05) is 30.8 Å². The van der Waals surface area contributed by atoms with Gasteiger partial charge in [0.25, 0.3) is 0 Å². The molecule has 1 aliphatic carbocycles. The normalized spacial score (nSPS) is 18.3. The molecule has 1 heterocycles. The molecule has 2 N–H and O–H groups in total. The van der Waals surface area contributed by atoms with Crippen LogP contribution in [-0.4, -0.2) is 23.3 Å². The molecule has 0 aliphatic heterocycles. The minimum absolute atomic E-state index is 0.505. The van der Waals surface area contributed by atoms with E-state index >= 15 is 0 Å². The fourth-order valence-electron chi connectivity index (χ4n) is 2.13. The second kappa shape index (κ2) is 5.84. The first kappa shape index (κ1) is 11.4. The molecular weight excluding hydrogens is 204 g/mol. The summed E-state index contributed by atoms with van der Waals surface area (Å²) >= 11 is 0. The Morgan fingerprint density at radius 2 is 1.94 bits per heavy atom. The molecule has 0 aromatic carbocycles. The quantitative estimate of drug-likeness (QED) is 0.765. The highest BCUT2D eigenvalue weighted by molar-refractivity contribution is 5.19. The van der Waals surface area contributed by atoms with E-state index in [-0.39, 0.29) is 0 Å². The van der Waals surface area contributed by atoms with Gasteiger partial charge in [0.2, 0.25) is 5.89 Å². The number of rotatable bonds is 4. The van der Waals surface area contributed by atoms with E-state index in [1.165, 1.54) is 38.5 Å². The lowest BCUT2D eigenvalue weighted by Gasteiger charge is -2.13. The average molecular weight is 224 g/mol. The van der Waals surface area contributed by atoms with Gasteiger partial charge >= 0.3 is 6.01 Å². The molecule has 16 heavy (non-hydrogen) atoms. The van der Waals surface area contributed by atoms with Crippen molar-refractivity contribution in [3.63, 3.8) is 0 Å². The van der Waals surface area contributed by atoms with Gasteiger partial charge in [-0.15, -0.1) is 5.10 Å². The average Bonchev–Trinajstić information content (AvgIpc) is 2.56. The first-order valence-corrected chi connectivity index (χ1v) is 6.12. The summed E-state index contributed by atoms with van der Waals surface area (Å²) in [6.45, 7) is 0.624. The monoisotopic (exact) mass is 224 g/mol. The van der Waals surface area contributed by atoms with Crippen molar-refractivity contribution in [3.05, 3.63) is 5.89 Å². The Morgan fingerprint density at radius 3 is 2.62 bits per heavy atom. The summed E-state index contributed by atoms with van der Waals surface area (Å²) in [5.74, 6) is 0.638. The number of nitrogens with zero attached hydrogens (tertiary/aromatic N) is 2. The first-order chi connectivity index (χ1) is 7.88. The summed E-state index contributed by atoms with van der Waals surface area (Å²) in [6.07, 6.45) is 7.73. The maximum atomic E-state index is 5.47. The molecule has 5 heteroatoms. The van der Waals surface area contributed by atoms with Crippen molar-refractivity contribution >= 4 is 6.01 Å². The van der Waals surface area contributed by atoms with Gasteiger partial charge in [0.1, 0.15) is 0 Å². The lowest BCUT2D eigenvalue weighted by atomic mass is 10.1. The molecule has 1 aromatic rings. The number of anilines is 1. The Labute approximate surface area is 96.0 Å². The van der Waals surface area contributed by atoms with Crippen LogP contribution in [0.3, 0.4) is 0 Å². The minimum atomic E-state index is 0.505. The van der Waals surface area contributed by atoms with Crippen LogP contribution in [0.1, 0.15) is 44.4 Å². The summed E-state index contributed by atoms with van der Waals surface area (Å²) in [4.78, 5) is 0. The predicted octanol–water partition coefficient (Wildman–Crippen LogP) is 1.92. The van der Waals surface area contributed by atoms with E-state index in [0.717, 1.165) is 0 Å². The summed E-state index contributed by atoms with van der Waals surface area (Å²) in [6, 6.07) is 1.07. The maximum Gasteiger partial charge on any atom is 0.315 e. The van der Waals surface area contributed by atoms with Crippen molar-refractivity contribution < 1.29 is 4.42 Å². The summed E-state index contributed by atoms with van der Waals surface area (Å²) < 4.78 is 5.47. The molecule has 2 rings (SSSR count). The van der Waals surface area contributed by atoms with E-state index < -0.39 is 0 Å². The van der Waals surface area contributed by atoms with Crippen LogP contribution in [0, 0.1) is 0 Å². The molecule has 0 bridgehead atoms. The number of hydrogen-bond acceptors (Lipinski definition) is 5. The standard InChI is InChI=1S/C11H20N4O/c1-12-8-10-14-15-11(16-10)13-9-6-4-2-3-5-7-9/h9,12H,2-8H2,1H3,(H,13,15). The Hall–Kier alpha value is -1.10. The summed E-state index contributed by atoms with van der Waals surface area (Å²) in [5, 5.41) is 14.3. The molecule has 1 fully saturated rings. The molecule has 0 radical (unpaired) electrons. The fraction of sp³-hybridized carbons (Fsp3) is 0.818. The van der Waals surface area contributed by atoms with E-state index in [9.17, 15) is 0 Å². The molecular formula is C11H20N4O. The van der Waals surface area contributed by atoms with Crippen LogP contribution in [0.2, 0.25) is 0 Å². The van der Waals surface area contributed by atoms with Crippen LogP contribution in [0.5, 0.6) is 0 Å². The van der Waals surface area contributed by atoms with Gasteiger partial charge < -0.3 is 15.1 Å². The zero-order valence-electron chi connectivity index (χ0n) is 9.83. The molecule has 0 atom stereocenters. The Balaban J connectivity index is 1.86. The molecule has 0 saturated heterocycles. The fourth-order valence-corrected chi connectivity index (χ4v) is 2.13. The molecule has 1 aromatic heterocycles. The van der Waals surface area contributed by atoms with Crippen molar-refractivity contribution in [1.29, 1.82) is 0 Å². The molecule has 0 amide bonds. The Bertz CT molecular complexity index is 305. The third-order valence-electron chi connectivity index (χ3n) is 2.98. The van der Waals surface area contributed by atoms with Gasteiger partial charge in [0.15, 0.2) is 0 Å². The molecule has 0 spiro atoms. The van der Waals surface area contributed by atoms with Crippen molar-refractivity contribution in [1.82, 2.24) is 15.5 Å². The zero-order chi connectivity index (χ0) is 11.2. The SMILES string of the molecule is CNCc1nnc(NC2CCCCCC2)o1. The van der Waals surface area contributed by atoms with Gasteiger partial charge in [0, 0.05) is 6.04 Å². The molecule has 1 aliphatic rings. The van der Waals surface area contributed by atoms with Gasteiger partial charge in [-0.3, -0.25) is 0 Å². The molecule has 5 nitrogen and oxygen atoms in total. The minimum Gasteiger partial charge on any atom is -0.407 e. The third-order valence-corrected chi connectivity index (χ3v) is 2.98. The van der Waals surface area contributed by atoms with Crippen molar-refractivity contribution in [3.8, 4) is 0 Å². The zero-order valence-corrected chi connectivity index (χ0v) is 9.83. The highest BCUT2D eigenvalue weighted by Gasteiger charge is 2.14. The largest absolute Gasteiger partial charge is 0.407 e. The molecule has 90 valence electrons. The van der Waals surface area contributed by atoms with Crippen LogP contribution in [0.25, 0.3) is 0 Å². The second-order valence-corrected chi connectivity index (χ2v) is 4.36. The topological polar surface area (TPSA) is 63.0 Å². The number of nitrogens with one attached hydrogen (secondary N) is 2. The van der Waals surface area contributed by atoms with Crippen LogP contribution in [0.15, 0.2) is 4.42 Å². The van der Waals surface area contributed by atoms with Crippen LogP contribution < -0.4 is 10.6 Å². The molecule has 0 unspecified atom stereocenters. The number of hydrogen-bond donors (Lipinski definition) is 2. The van der Waals surface area contributed by atoms with Gasteiger partial charge in [-0.05, 0) is 19.9 Å². The lowest BCUT2D eigenvalue weighted by Crippen LogP contribution is -2.18. The summed E-state index contributed by atoms with van der Waals surface area (Å²) in [5.41, 5.74) is 0. The van der Waals surface area contributed by atoms with Crippen LogP contribution in [0.4, 0.5) is 6.01 Å². The van der Waals surface area contributed by atoms with Crippen LogP contribution in [-0.2, 0) is 6.54 Å². The Morgan fingerprint density at radius 1 is 1.19 bits per heavy atom. The van der Waals surface area contributed by atoms with Crippen molar-refractivity contribution in [2.75, 3.05) is 12.4 Å². The highest BCUT2D eigenvalue weighted by atomic mass is 16.4. The van der Waals surface area contributed by atoms with Gasteiger partial charge in [-0.2, -0.15) is 0 Å². The predicted molar refractivity (Wildman–Crippen MR) is 62.2 cm³/mol.